The first-order valence-electron chi connectivity index (χ1n) is 9.68. The number of imidazole rings is 1. The van der Waals surface area contributed by atoms with E-state index in [9.17, 15) is 4.79 Å². The van der Waals surface area contributed by atoms with Crippen LogP contribution < -0.4 is 0 Å². The van der Waals surface area contributed by atoms with Gasteiger partial charge in [-0.1, -0.05) is 18.5 Å². The van der Waals surface area contributed by atoms with Crippen molar-refractivity contribution in [2.75, 3.05) is 20.1 Å². The predicted octanol–water partition coefficient (Wildman–Crippen LogP) is 4.31. The van der Waals surface area contributed by atoms with E-state index in [1.54, 1.807) is 24.1 Å². The molecule has 1 aliphatic heterocycles. The van der Waals surface area contributed by atoms with Gasteiger partial charge in [-0.25, -0.2) is 4.98 Å². The van der Waals surface area contributed by atoms with Gasteiger partial charge in [0.15, 0.2) is 5.76 Å². The maximum absolute atomic E-state index is 12.7. The molecule has 2 aromatic heterocycles. The SMILES string of the molecule is CC1CCN(Cc2ccc(C(=O)N(C)Cc3nc4ccc(Cl)cc4[nH]3)o2)CC1. The van der Waals surface area contributed by atoms with Gasteiger partial charge < -0.3 is 14.3 Å². The highest BCUT2D eigenvalue weighted by atomic mass is 35.5. The quantitative estimate of drug-likeness (QED) is 0.692. The molecule has 1 amide bonds. The molecule has 148 valence electrons. The first-order chi connectivity index (χ1) is 13.5. The number of furan rings is 1. The summed E-state index contributed by atoms with van der Waals surface area (Å²) in [5, 5.41) is 0.651. The van der Waals surface area contributed by atoms with Crippen molar-refractivity contribution in [3.63, 3.8) is 0 Å². The highest BCUT2D eigenvalue weighted by Crippen LogP contribution is 2.20. The minimum Gasteiger partial charge on any atom is -0.455 e. The summed E-state index contributed by atoms with van der Waals surface area (Å²) in [5.74, 6) is 2.55. The van der Waals surface area contributed by atoms with Gasteiger partial charge in [-0.05, 0) is 62.2 Å². The van der Waals surface area contributed by atoms with Crippen LogP contribution >= 0.6 is 11.6 Å². The normalized spacial score (nSPS) is 16.0. The molecule has 1 aliphatic rings. The van der Waals surface area contributed by atoms with Crippen molar-refractivity contribution in [1.29, 1.82) is 0 Å². The van der Waals surface area contributed by atoms with E-state index in [2.05, 4.69) is 21.8 Å². The third kappa shape index (κ3) is 4.23. The number of benzene rings is 1. The molecule has 1 saturated heterocycles. The monoisotopic (exact) mass is 400 g/mol. The van der Waals surface area contributed by atoms with Gasteiger partial charge >= 0.3 is 0 Å². The Balaban J connectivity index is 1.38. The van der Waals surface area contributed by atoms with E-state index in [-0.39, 0.29) is 5.91 Å². The molecule has 0 radical (unpaired) electrons. The summed E-state index contributed by atoms with van der Waals surface area (Å²) in [5.41, 5.74) is 1.69. The Bertz CT molecular complexity index is 972. The summed E-state index contributed by atoms with van der Waals surface area (Å²) in [6, 6.07) is 9.16. The van der Waals surface area contributed by atoms with Gasteiger partial charge in [0.2, 0.25) is 0 Å². The number of rotatable bonds is 5. The zero-order valence-corrected chi connectivity index (χ0v) is 17.0. The minimum atomic E-state index is -0.156. The van der Waals surface area contributed by atoms with Crippen LogP contribution in [0.15, 0.2) is 34.7 Å². The molecule has 0 bridgehead atoms. The Morgan fingerprint density at radius 2 is 2.11 bits per heavy atom. The summed E-state index contributed by atoms with van der Waals surface area (Å²) >= 11 is 6.02. The van der Waals surface area contributed by atoms with Gasteiger partial charge in [-0.2, -0.15) is 0 Å². The lowest BCUT2D eigenvalue weighted by molar-refractivity contribution is 0.0745. The molecule has 1 fully saturated rings. The third-order valence-electron chi connectivity index (χ3n) is 5.35. The molecule has 0 atom stereocenters. The first-order valence-corrected chi connectivity index (χ1v) is 10.1. The average Bonchev–Trinajstić information content (AvgIpc) is 3.29. The number of aromatic nitrogens is 2. The van der Waals surface area contributed by atoms with Gasteiger partial charge in [0.1, 0.15) is 11.6 Å². The fourth-order valence-corrected chi connectivity index (χ4v) is 3.78. The number of H-pyrrole nitrogens is 1. The lowest BCUT2D eigenvalue weighted by atomic mass is 9.99. The molecule has 1 N–H and O–H groups in total. The van der Waals surface area contributed by atoms with Crippen LogP contribution in [0.1, 0.15) is 41.9 Å². The smallest absolute Gasteiger partial charge is 0.289 e. The Morgan fingerprint density at radius 3 is 2.89 bits per heavy atom. The second-order valence-electron chi connectivity index (χ2n) is 7.73. The summed E-state index contributed by atoms with van der Waals surface area (Å²) in [6.07, 6.45) is 2.44. The fourth-order valence-electron chi connectivity index (χ4n) is 3.61. The molecule has 6 nitrogen and oxygen atoms in total. The van der Waals surface area contributed by atoms with Crippen LogP contribution in [0.3, 0.4) is 0 Å². The zero-order chi connectivity index (χ0) is 19.7. The number of hydrogen-bond acceptors (Lipinski definition) is 4. The molecule has 1 aromatic carbocycles. The van der Waals surface area contributed by atoms with Crippen LogP contribution in [0.25, 0.3) is 11.0 Å². The number of hydrogen-bond donors (Lipinski definition) is 1. The third-order valence-corrected chi connectivity index (χ3v) is 5.59. The Morgan fingerprint density at radius 1 is 1.32 bits per heavy atom. The highest BCUT2D eigenvalue weighted by Gasteiger charge is 2.20. The largest absolute Gasteiger partial charge is 0.455 e. The Labute approximate surface area is 169 Å². The lowest BCUT2D eigenvalue weighted by Crippen LogP contribution is -2.32. The Kier molecular flexibility index (Phi) is 5.42. The van der Waals surface area contributed by atoms with E-state index in [1.165, 1.54) is 12.8 Å². The van der Waals surface area contributed by atoms with Gasteiger partial charge in [-0.15, -0.1) is 0 Å². The van der Waals surface area contributed by atoms with Gasteiger partial charge in [0.05, 0.1) is 24.1 Å². The molecule has 4 rings (SSSR count). The summed E-state index contributed by atoms with van der Waals surface area (Å²) in [7, 11) is 1.75. The van der Waals surface area contributed by atoms with Gasteiger partial charge in [-0.3, -0.25) is 9.69 Å². The average molecular weight is 401 g/mol. The molecule has 0 aliphatic carbocycles. The van der Waals surface area contributed by atoms with Crippen molar-refractivity contribution in [3.8, 4) is 0 Å². The number of amides is 1. The van der Waals surface area contributed by atoms with E-state index < -0.39 is 0 Å². The molecular weight excluding hydrogens is 376 g/mol. The lowest BCUT2D eigenvalue weighted by Gasteiger charge is -2.29. The van der Waals surface area contributed by atoms with Crippen molar-refractivity contribution in [2.45, 2.75) is 32.9 Å². The van der Waals surface area contributed by atoms with Crippen molar-refractivity contribution in [3.05, 3.63) is 52.7 Å². The Hall–Kier alpha value is -2.31. The molecule has 0 saturated carbocycles. The van der Waals surface area contributed by atoms with E-state index in [1.807, 2.05) is 18.2 Å². The van der Waals surface area contributed by atoms with Gasteiger partial charge in [0, 0.05) is 12.1 Å². The van der Waals surface area contributed by atoms with Crippen LogP contribution in [-0.2, 0) is 13.1 Å². The van der Waals surface area contributed by atoms with Crippen LogP contribution in [0, 0.1) is 5.92 Å². The van der Waals surface area contributed by atoms with Crippen molar-refractivity contribution < 1.29 is 9.21 Å². The molecule has 28 heavy (non-hydrogen) atoms. The van der Waals surface area contributed by atoms with Gasteiger partial charge in [0.25, 0.3) is 5.91 Å². The zero-order valence-electron chi connectivity index (χ0n) is 16.2. The number of aromatic amines is 1. The first kappa shape index (κ1) is 19.0. The standard InChI is InChI=1S/C21H25ClN4O2/c1-14-7-9-26(10-8-14)12-16-4-6-19(28-16)21(27)25(2)13-20-23-17-5-3-15(22)11-18(17)24-20/h3-6,11,14H,7-10,12-13H2,1-2H3,(H,23,24). The molecule has 7 heteroatoms. The second kappa shape index (κ2) is 7.97. The summed E-state index contributed by atoms with van der Waals surface area (Å²) in [6.45, 7) is 5.59. The summed E-state index contributed by atoms with van der Waals surface area (Å²) < 4.78 is 5.83. The second-order valence-corrected chi connectivity index (χ2v) is 8.17. The number of halogens is 1. The molecule has 0 unspecified atom stereocenters. The van der Waals surface area contributed by atoms with E-state index in [4.69, 9.17) is 16.0 Å². The van der Waals surface area contributed by atoms with Crippen molar-refractivity contribution in [2.24, 2.45) is 5.92 Å². The van der Waals surface area contributed by atoms with Crippen LogP contribution in [0.2, 0.25) is 5.02 Å². The van der Waals surface area contributed by atoms with E-state index >= 15 is 0 Å². The van der Waals surface area contributed by atoms with Crippen molar-refractivity contribution >= 4 is 28.5 Å². The topological polar surface area (TPSA) is 65.4 Å². The van der Waals surface area contributed by atoms with Crippen LogP contribution in [-0.4, -0.2) is 45.8 Å². The predicted molar refractivity (Wildman–Crippen MR) is 109 cm³/mol. The number of fused-ring (bicyclic) bond motifs is 1. The number of nitrogens with zero attached hydrogens (tertiary/aromatic N) is 3. The van der Waals surface area contributed by atoms with E-state index in [0.29, 0.717) is 23.2 Å². The van der Waals surface area contributed by atoms with Crippen LogP contribution in [0.5, 0.6) is 0 Å². The highest BCUT2D eigenvalue weighted by molar-refractivity contribution is 6.31. The van der Waals surface area contributed by atoms with Crippen LogP contribution in [0.4, 0.5) is 0 Å². The van der Waals surface area contributed by atoms with Crippen molar-refractivity contribution in [1.82, 2.24) is 19.8 Å². The number of piperidine rings is 1. The van der Waals surface area contributed by atoms with E-state index in [0.717, 1.165) is 42.3 Å². The number of likely N-dealkylation sites (tertiary alicyclic amines) is 1. The molecule has 3 aromatic rings. The number of nitrogens with one attached hydrogen (secondary N) is 1. The molecule has 0 spiro atoms. The number of carbonyl (C=O) groups excluding carboxylic acids is 1. The maximum Gasteiger partial charge on any atom is 0.289 e. The summed E-state index contributed by atoms with van der Waals surface area (Å²) in [4.78, 5) is 24.4. The minimum absolute atomic E-state index is 0.156. The fraction of sp³-hybridized carbons (Fsp3) is 0.429. The number of carbonyl (C=O) groups is 1. The molecular formula is C21H25ClN4O2. The maximum atomic E-state index is 12.7. The molecule has 3 heterocycles.